The summed E-state index contributed by atoms with van der Waals surface area (Å²) in [5.74, 6) is 2.11. The molecule has 1 saturated heterocycles. The van der Waals surface area contributed by atoms with Gasteiger partial charge < -0.3 is 14.2 Å². The van der Waals surface area contributed by atoms with Gasteiger partial charge in [-0.05, 0) is 67.8 Å². The molecule has 3 rings (SSSR count). The third kappa shape index (κ3) is 6.02. The molecule has 0 atom stereocenters. The highest BCUT2D eigenvalue weighted by Crippen LogP contribution is 2.34. The Hall–Kier alpha value is -2.51. The van der Waals surface area contributed by atoms with Gasteiger partial charge in [-0.2, -0.15) is 0 Å². The Labute approximate surface area is 193 Å². The molecule has 7 heteroatoms. The molecule has 0 saturated carbocycles. The van der Waals surface area contributed by atoms with Crippen LogP contribution in [0.3, 0.4) is 0 Å². The van der Waals surface area contributed by atoms with E-state index in [1.54, 1.807) is 7.05 Å². The molecule has 1 aliphatic rings. The van der Waals surface area contributed by atoms with Gasteiger partial charge in [-0.3, -0.25) is 9.69 Å². The van der Waals surface area contributed by atoms with Gasteiger partial charge in [0.05, 0.1) is 24.7 Å². The molecule has 0 N–H and O–H groups in total. The van der Waals surface area contributed by atoms with E-state index in [0.29, 0.717) is 40.5 Å². The topological polar surface area (TPSA) is 48.0 Å². The molecule has 31 heavy (non-hydrogen) atoms. The summed E-state index contributed by atoms with van der Waals surface area (Å²) in [7, 11) is 1.69. The van der Waals surface area contributed by atoms with Crippen LogP contribution in [-0.2, 0) is 4.79 Å². The van der Waals surface area contributed by atoms with Crippen LogP contribution in [0.25, 0.3) is 6.08 Å². The van der Waals surface area contributed by atoms with Crippen LogP contribution in [0, 0.1) is 13.8 Å². The van der Waals surface area contributed by atoms with Gasteiger partial charge in [0.2, 0.25) is 0 Å². The number of likely N-dealkylation sites (N-methyl/N-ethyl adjacent to an activating group) is 1. The molecule has 164 valence electrons. The monoisotopic (exact) mass is 457 g/mol. The fraction of sp³-hybridized carbons (Fsp3) is 0.333. The molecule has 1 fully saturated rings. The lowest BCUT2D eigenvalue weighted by molar-refractivity contribution is -0.121. The van der Waals surface area contributed by atoms with E-state index in [1.165, 1.54) is 27.8 Å². The average Bonchev–Trinajstić information content (AvgIpc) is 2.98. The molecule has 2 aromatic carbocycles. The second kappa shape index (κ2) is 10.7. The van der Waals surface area contributed by atoms with Crippen molar-refractivity contribution < 1.29 is 19.0 Å². The van der Waals surface area contributed by atoms with Gasteiger partial charge >= 0.3 is 0 Å². The number of nitrogens with zero attached hydrogens (tertiary/aromatic N) is 1. The van der Waals surface area contributed by atoms with E-state index in [1.807, 2.05) is 37.3 Å². The van der Waals surface area contributed by atoms with E-state index in [0.717, 1.165) is 17.7 Å². The van der Waals surface area contributed by atoms with E-state index < -0.39 is 0 Å². The summed E-state index contributed by atoms with van der Waals surface area (Å²) < 4.78 is 18.0. The van der Waals surface area contributed by atoms with Crippen molar-refractivity contribution in [2.24, 2.45) is 0 Å². The van der Waals surface area contributed by atoms with Crippen LogP contribution in [-0.4, -0.2) is 42.0 Å². The van der Waals surface area contributed by atoms with Gasteiger partial charge in [0, 0.05) is 13.5 Å². The number of carbonyl (C=O) groups excluding carboxylic acids is 1. The molecular formula is C24H27NO4S2. The number of aryl methyl sites for hydroxylation is 2. The largest absolute Gasteiger partial charge is 0.493 e. The highest BCUT2D eigenvalue weighted by molar-refractivity contribution is 8.26. The van der Waals surface area contributed by atoms with Crippen LogP contribution >= 0.6 is 24.0 Å². The molecule has 1 heterocycles. The first-order valence-electron chi connectivity index (χ1n) is 10.2. The van der Waals surface area contributed by atoms with Crippen molar-refractivity contribution in [2.45, 2.75) is 27.2 Å². The number of hydrogen-bond donors (Lipinski definition) is 0. The number of ether oxygens (including phenoxy) is 3. The fourth-order valence-corrected chi connectivity index (χ4v) is 4.11. The van der Waals surface area contributed by atoms with Crippen LogP contribution in [0.15, 0.2) is 41.3 Å². The lowest BCUT2D eigenvalue weighted by Gasteiger charge is -2.13. The van der Waals surface area contributed by atoms with Gasteiger partial charge in [0.15, 0.2) is 11.5 Å². The van der Waals surface area contributed by atoms with Crippen molar-refractivity contribution in [3.63, 3.8) is 0 Å². The predicted molar refractivity (Wildman–Crippen MR) is 130 cm³/mol. The van der Waals surface area contributed by atoms with E-state index in [4.69, 9.17) is 26.4 Å². The summed E-state index contributed by atoms with van der Waals surface area (Å²) >= 11 is 6.49. The lowest BCUT2D eigenvalue weighted by Crippen LogP contribution is -2.22. The summed E-state index contributed by atoms with van der Waals surface area (Å²) in [6, 6.07) is 11.8. The summed E-state index contributed by atoms with van der Waals surface area (Å²) in [6.07, 6.45) is 2.58. The van der Waals surface area contributed by atoms with Crippen LogP contribution in [0.2, 0.25) is 0 Å². The molecule has 0 aromatic heterocycles. The van der Waals surface area contributed by atoms with Gasteiger partial charge in [-0.15, -0.1) is 0 Å². The molecule has 0 spiro atoms. The second-order valence-electron chi connectivity index (χ2n) is 7.18. The minimum Gasteiger partial charge on any atom is -0.493 e. The normalized spacial score (nSPS) is 15.0. The first-order valence-corrected chi connectivity index (χ1v) is 11.4. The van der Waals surface area contributed by atoms with Crippen molar-refractivity contribution in [3.8, 4) is 17.2 Å². The van der Waals surface area contributed by atoms with Crippen molar-refractivity contribution in [3.05, 3.63) is 58.0 Å². The van der Waals surface area contributed by atoms with Gasteiger partial charge in [-0.25, -0.2) is 0 Å². The summed E-state index contributed by atoms with van der Waals surface area (Å²) in [5, 5.41) is 0. The molecule has 5 nitrogen and oxygen atoms in total. The number of thioether (sulfide) groups is 1. The number of hydrogen-bond acceptors (Lipinski definition) is 6. The van der Waals surface area contributed by atoms with Crippen molar-refractivity contribution in [2.75, 3.05) is 26.9 Å². The first kappa shape index (κ1) is 23.2. The van der Waals surface area contributed by atoms with Crippen LogP contribution < -0.4 is 14.2 Å². The summed E-state index contributed by atoms with van der Waals surface area (Å²) in [6.45, 7) is 7.70. The molecular weight excluding hydrogens is 430 g/mol. The Kier molecular flexibility index (Phi) is 7.98. The fourth-order valence-electron chi connectivity index (χ4n) is 2.93. The first-order chi connectivity index (χ1) is 14.9. The third-order valence-corrected chi connectivity index (χ3v) is 6.33. The summed E-state index contributed by atoms with van der Waals surface area (Å²) in [4.78, 5) is 14.3. The number of benzene rings is 2. The smallest absolute Gasteiger partial charge is 0.265 e. The van der Waals surface area contributed by atoms with Crippen molar-refractivity contribution in [1.82, 2.24) is 4.90 Å². The predicted octanol–water partition coefficient (Wildman–Crippen LogP) is 5.38. The van der Waals surface area contributed by atoms with Gasteiger partial charge in [0.25, 0.3) is 5.91 Å². The lowest BCUT2D eigenvalue weighted by atomic mass is 10.1. The zero-order valence-electron chi connectivity index (χ0n) is 18.3. The Bertz CT molecular complexity index is 1000. The number of thiocarbonyl (C=S) groups is 1. The van der Waals surface area contributed by atoms with E-state index in [2.05, 4.69) is 26.0 Å². The Morgan fingerprint density at radius 3 is 2.45 bits per heavy atom. The molecule has 0 aliphatic carbocycles. The molecule has 1 amide bonds. The number of rotatable bonds is 9. The van der Waals surface area contributed by atoms with Crippen LogP contribution in [0.5, 0.6) is 17.2 Å². The molecule has 0 unspecified atom stereocenters. The maximum Gasteiger partial charge on any atom is 0.265 e. The standard InChI is InChI=1S/C24H27NO4S2/c1-5-27-21-14-18(15-22-23(26)25(4)24(30)31-22)8-10-20(21)29-12-6-11-28-19-9-7-16(2)17(3)13-19/h7-10,13-15H,5-6,11-12H2,1-4H3/b22-15-. The number of carbonyl (C=O) groups is 1. The quantitative estimate of drug-likeness (QED) is 0.286. The maximum absolute atomic E-state index is 12.2. The van der Waals surface area contributed by atoms with E-state index >= 15 is 0 Å². The minimum atomic E-state index is -0.0861. The summed E-state index contributed by atoms with van der Waals surface area (Å²) in [5.41, 5.74) is 3.34. The van der Waals surface area contributed by atoms with Crippen molar-refractivity contribution >= 4 is 40.3 Å². The van der Waals surface area contributed by atoms with Crippen molar-refractivity contribution in [1.29, 1.82) is 0 Å². The third-order valence-electron chi connectivity index (χ3n) is 4.85. The molecule has 0 bridgehead atoms. The van der Waals surface area contributed by atoms with E-state index in [9.17, 15) is 4.79 Å². The number of amides is 1. The zero-order chi connectivity index (χ0) is 22.4. The molecule has 1 aliphatic heterocycles. The van der Waals surface area contributed by atoms with Crippen LogP contribution in [0.4, 0.5) is 0 Å². The van der Waals surface area contributed by atoms with Gasteiger partial charge in [-0.1, -0.05) is 36.1 Å². The highest BCUT2D eigenvalue weighted by atomic mass is 32.2. The maximum atomic E-state index is 12.2. The second-order valence-corrected chi connectivity index (χ2v) is 8.85. The van der Waals surface area contributed by atoms with E-state index in [-0.39, 0.29) is 5.91 Å². The highest BCUT2D eigenvalue weighted by Gasteiger charge is 2.28. The van der Waals surface area contributed by atoms with Gasteiger partial charge in [0.1, 0.15) is 10.1 Å². The average molecular weight is 458 g/mol. The zero-order valence-corrected chi connectivity index (χ0v) is 19.9. The molecule has 0 radical (unpaired) electrons. The SMILES string of the molecule is CCOc1cc(/C=C2\SC(=S)N(C)C2=O)ccc1OCCCOc1ccc(C)c(C)c1. The minimum absolute atomic E-state index is 0.0861. The van der Waals surface area contributed by atoms with Crippen LogP contribution in [0.1, 0.15) is 30.0 Å². The molecule has 2 aromatic rings. The Balaban J connectivity index is 1.57. The Morgan fingerprint density at radius 1 is 1.00 bits per heavy atom. The Morgan fingerprint density at radius 2 is 1.77 bits per heavy atom.